The number of nitrogens with one attached hydrogen (secondary N) is 2. The third-order valence-electron chi connectivity index (χ3n) is 4.40. The van der Waals surface area contributed by atoms with Crippen LogP contribution in [-0.4, -0.2) is 25.7 Å². The van der Waals surface area contributed by atoms with Gasteiger partial charge in [0.15, 0.2) is 0 Å². The van der Waals surface area contributed by atoms with E-state index in [1.165, 1.54) is 6.20 Å². The Morgan fingerprint density at radius 1 is 1.03 bits per heavy atom. The van der Waals surface area contributed by atoms with Gasteiger partial charge in [-0.2, -0.15) is 5.26 Å². The Balaban J connectivity index is 1.95. The molecule has 0 atom stereocenters. The third kappa shape index (κ3) is 7.81. The van der Waals surface area contributed by atoms with Crippen molar-refractivity contribution in [3.8, 4) is 6.07 Å². The highest BCUT2D eigenvalue weighted by molar-refractivity contribution is 5.97. The Morgan fingerprint density at radius 3 is 2.17 bits per heavy atom. The van der Waals surface area contributed by atoms with E-state index in [4.69, 9.17) is 4.74 Å². The van der Waals surface area contributed by atoms with Gasteiger partial charge in [0.25, 0.3) is 5.91 Å². The molecule has 0 saturated carbocycles. The van der Waals surface area contributed by atoms with Crippen LogP contribution in [0.3, 0.4) is 0 Å². The molecule has 2 aromatic carbocycles. The Kier molecular flexibility index (Phi) is 10.1. The minimum absolute atomic E-state index is 0.0498. The van der Waals surface area contributed by atoms with E-state index in [2.05, 4.69) is 17.6 Å². The fourth-order valence-electron chi connectivity index (χ4n) is 2.81. The number of carbonyl (C=O) groups excluding carboxylic acids is 1. The smallest absolute Gasteiger partial charge is 0.264 e. The van der Waals surface area contributed by atoms with Gasteiger partial charge in [-0.05, 0) is 24.0 Å². The Morgan fingerprint density at radius 2 is 1.62 bits per heavy atom. The van der Waals surface area contributed by atoms with Gasteiger partial charge in [0, 0.05) is 26.0 Å². The molecule has 0 aliphatic carbocycles. The van der Waals surface area contributed by atoms with Gasteiger partial charge in [-0.15, -0.1) is 0 Å². The van der Waals surface area contributed by atoms with Crippen molar-refractivity contribution in [2.75, 3.05) is 19.8 Å². The van der Waals surface area contributed by atoms with Gasteiger partial charge in [0.2, 0.25) is 0 Å². The number of rotatable bonds is 12. The van der Waals surface area contributed by atoms with Gasteiger partial charge in [-0.1, -0.05) is 74.0 Å². The van der Waals surface area contributed by atoms with Crippen LogP contribution in [0.25, 0.3) is 0 Å². The Hall–Kier alpha value is -3.10. The summed E-state index contributed by atoms with van der Waals surface area (Å²) in [5.74, 6) is -0.406. The number of ether oxygens (including phenoxy) is 1. The molecule has 0 unspecified atom stereocenters. The van der Waals surface area contributed by atoms with Crippen LogP contribution in [0.2, 0.25) is 0 Å². The summed E-state index contributed by atoms with van der Waals surface area (Å²) >= 11 is 0. The molecule has 0 aliphatic heterocycles. The number of unbranched alkanes of at least 4 members (excludes halogenated alkanes) is 1. The molecular weight excluding hydrogens is 362 g/mol. The van der Waals surface area contributed by atoms with Crippen molar-refractivity contribution >= 4 is 5.91 Å². The number of benzene rings is 2. The molecule has 0 radical (unpaired) electrons. The summed E-state index contributed by atoms with van der Waals surface area (Å²) in [4.78, 5) is 12.7. The maximum absolute atomic E-state index is 12.7. The van der Waals surface area contributed by atoms with Crippen LogP contribution in [0.1, 0.15) is 43.4 Å². The second-order valence-electron chi connectivity index (χ2n) is 6.67. The third-order valence-corrected chi connectivity index (χ3v) is 4.40. The molecule has 2 aromatic rings. The summed E-state index contributed by atoms with van der Waals surface area (Å²) in [5.41, 5.74) is 1.97. The van der Waals surface area contributed by atoms with Crippen molar-refractivity contribution in [2.45, 2.75) is 32.2 Å². The number of nitrogens with zero attached hydrogens (tertiary/aromatic N) is 1. The monoisotopic (exact) mass is 391 g/mol. The molecule has 0 spiro atoms. The molecule has 5 heteroatoms. The van der Waals surface area contributed by atoms with Gasteiger partial charge in [0.1, 0.15) is 11.6 Å². The molecule has 0 fully saturated rings. The van der Waals surface area contributed by atoms with Crippen LogP contribution in [0.15, 0.2) is 72.4 Å². The highest BCUT2D eigenvalue weighted by Crippen LogP contribution is 2.22. The minimum atomic E-state index is -0.406. The van der Waals surface area contributed by atoms with Crippen LogP contribution in [-0.2, 0) is 9.53 Å². The molecule has 0 heterocycles. The molecule has 0 saturated heterocycles. The van der Waals surface area contributed by atoms with Crippen molar-refractivity contribution < 1.29 is 9.53 Å². The fourth-order valence-corrected chi connectivity index (χ4v) is 2.81. The van der Waals surface area contributed by atoms with Crippen molar-refractivity contribution in [1.82, 2.24) is 10.6 Å². The zero-order chi connectivity index (χ0) is 20.7. The van der Waals surface area contributed by atoms with Gasteiger partial charge in [-0.3, -0.25) is 4.79 Å². The van der Waals surface area contributed by atoms with Crippen molar-refractivity contribution in [2.24, 2.45) is 0 Å². The first kappa shape index (κ1) is 22.2. The largest absolute Gasteiger partial charge is 0.390 e. The maximum Gasteiger partial charge on any atom is 0.264 e. The van der Waals surface area contributed by atoms with E-state index in [0.29, 0.717) is 13.2 Å². The normalized spacial score (nSPS) is 11.1. The zero-order valence-corrected chi connectivity index (χ0v) is 16.9. The van der Waals surface area contributed by atoms with Crippen LogP contribution in [0.4, 0.5) is 0 Å². The first-order valence-electron chi connectivity index (χ1n) is 10.1. The summed E-state index contributed by atoms with van der Waals surface area (Å²) in [5, 5.41) is 15.4. The van der Waals surface area contributed by atoms with E-state index in [-0.39, 0.29) is 11.6 Å². The highest BCUT2D eigenvalue weighted by Gasteiger charge is 2.18. The molecule has 0 aromatic heterocycles. The summed E-state index contributed by atoms with van der Waals surface area (Å²) in [7, 11) is 0. The van der Waals surface area contributed by atoms with Crippen molar-refractivity contribution in [1.29, 1.82) is 5.26 Å². The minimum Gasteiger partial charge on any atom is -0.390 e. The molecular formula is C24H29N3O2. The van der Waals surface area contributed by atoms with E-state index >= 15 is 0 Å². The molecule has 0 aliphatic rings. The number of hydrogen-bond acceptors (Lipinski definition) is 4. The quantitative estimate of drug-likeness (QED) is 0.325. The number of hydrogen-bond donors (Lipinski definition) is 2. The molecule has 1 amide bonds. The summed E-state index contributed by atoms with van der Waals surface area (Å²) in [6.45, 7) is 4.22. The number of amides is 1. The molecule has 0 bridgehead atoms. The van der Waals surface area contributed by atoms with Gasteiger partial charge >= 0.3 is 0 Å². The molecule has 29 heavy (non-hydrogen) atoms. The average Bonchev–Trinajstić information content (AvgIpc) is 2.77. The molecule has 5 nitrogen and oxygen atoms in total. The lowest BCUT2D eigenvalue weighted by atomic mass is 9.98. The molecule has 2 N–H and O–H groups in total. The fraction of sp³-hybridized carbons (Fsp3) is 0.333. The predicted molar refractivity (Wildman–Crippen MR) is 115 cm³/mol. The van der Waals surface area contributed by atoms with Gasteiger partial charge in [-0.25, -0.2) is 0 Å². The first-order chi connectivity index (χ1) is 14.3. The van der Waals surface area contributed by atoms with Crippen molar-refractivity contribution in [3.63, 3.8) is 0 Å². The number of carbonyl (C=O) groups is 1. The van der Waals surface area contributed by atoms with Crippen LogP contribution in [0.5, 0.6) is 0 Å². The topological polar surface area (TPSA) is 74.1 Å². The standard InChI is InChI=1S/C24H29N3O2/c1-2-3-16-29-17-10-15-26-19-22(18-25)24(28)27-23(20-11-6-4-7-12-20)21-13-8-5-9-14-21/h4-9,11-14,19,23,26H,2-3,10,15-17H2,1H3,(H,27,28)/b22-19-. The molecule has 2 rings (SSSR count). The predicted octanol–water partition coefficient (Wildman–Crippen LogP) is 4.10. The highest BCUT2D eigenvalue weighted by atomic mass is 16.5. The lowest BCUT2D eigenvalue weighted by molar-refractivity contribution is -0.117. The van der Waals surface area contributed by atoms with E-state index in [1.54, 1.807) is 0 Å². The Bertz CT molecular complexity index is 758. The van der Waals surface area contributed by atoms with E-state index in [1.807, 2.05) is 66.7 Å². The lowest BCUT2D eigenvalue weighted by Crippen LogP contribution is -2.31. The van der Waals surface area contributed by atoms with Crippen LogP contribution < -0.4 is 10.6 Å². The van der Waals surface area contributed by atoms with Gasteiger partial charge in [0.05, 0.1) is 6.04 Å². The average molecular weight is 392 g/mol. The first-order valence-corrected chi connectivity index (χ1v) is 10.1. The lowest BCUT2D eigenvalue weighted by Gasteiger charge is -2.19. The second kappa shape index (κ2) is 13.1. The zero-order valence-electron chi connectivity index (χ0n) is 16.9. The maximum atomic E-state index is 12.7. The van der Waals surface area contributed by atoms with Crippen LogP contribution >= 0.6 is 0 Å². The van der Waals surface area contributed by atoms with E-state index in [0.717, 1.165) is 37.0 Å². The molecule has 152 valence electrons. The van der Waals surface area contributed by atoms with E-state index < -0.39 is 5.91 Å². The summed E-state index contributed by atoms with van der Waals surface area (Å²) in [6.07, 6.45) is 4.48. The number of nitriles is 1. The van der Waals surface area contributed by atoms with Crippen LogP contribution in [0, 0.1) is 11.3 Å². The Labute approximate surface area is 173 Å². The SMILES string of the molecule is CCCCOCCCN/C=C(/C#N)C(=O)NC(c1ccccc1)c1ccccc1. The summed E-state index contributed by atoms with van der Waals surface area (Å²) in [6, 6.07) is 21.1. The second-order valence-corrected chi connectivity index (χ2v) is 6.67. The van der Waals surface area contributed by atoms with Crippen molar-refractivity contribution in [3.05, 3.63) is 83.6 Å². The van der Waals surface area contributed by atoms with Gasteiger partial charge < -0.3 is 15.4 Å². The summed E-state index contributed by atoms with van der Waals surface area (Å²) < 4.78 is 5.50. The van der Waals surface area contributed by atoms with E-state index in [9.17, 15) is 10.1 Å².